The lowest BCUT2D eigenvalue weighted by Crippen LogP contribution is -2.40. The predicted octanol–water partition coefficient (Wildman–Crippen LogP) is 3.57. The van der Waals surface area contributed by atoms with Crippen molar-refractivity contribution in [1.82, 2.24) is 9.78 Å². The Balaban J connectivity index is 1.58. The molecule has 3 rings (SSSR count). The van der Waals surface area contributed by atoms with Crippen molar-refractivity contribution in [3.63, 3.8) is 0 Å². The van der Waals surface area contributed by atoms with Gasteiger partial charge in [0.25, 0.3) is 0 Å². The van der Waals surface area contributed by atoms with Gasteiger partial charge in [0.2, 0.25) is 0 Å². The summed E-state index contributed by atoms with van der Waals surface area (Å²) in [4.78, 5) is 0. The Kier molecular flexibility index (Phi) is 4.96. The zero-order valence-electron chi connectivity index (χ0n) is 13.1. The minimum atomic E-state index is -0.104. The van der Waals surface area contributed by atoms with Crippen molar-refractivity contribution >= 4 is 0 Å². The van der Waals surface area contributed by atoms with E-state index >= 15 is 0 Å². The first-order valence-electron chi connectivity index (χ1n) is 8.69. The van der Waals surface area contributed by atoms with Crippen molar-refractivity contribution in [2.24, 2.45) is 5.73 Å². The molecule has 0 bridgehead atoms. The molecule has 0 amide bonds. The fourth-order valence-electron chi connectivity index (χ4n) is 3.83. The van der Waals surface area contributed by atoms with Gasteiger partial charge in [-0.1, -0.05) is 38.5 Å². The summed E-state index contributed by atoms with van der Waals surface area (Å²) in [6.07, 6.45) is 14.7. The molecule has 118 valence electrons. The molecule has 0 saturated heterocycles. The lowest BCUT2D eigenvalue weighted by molar-refractivity contribution is -0.0615. The molecule has 0 spiro atoms. The van der Waals surface area contributed by atoms with Crippen LogP contribution in [0.2, 0.25) is 0 Å². The zero-order chi connectivity index (χ0) is 14.5. The number of hydrogen-bond acceptors (Lipinski definition) is 3. The van der Waals surface area contributed by atoms with E-state index in [1.54, 1.807) is 0 Å². The average molecular weight is 291 g/mol. The average Bonchev–Trinajstić information content (AvgIpc) is 3.14. The van der Waals surface area contributed by atoms with Gasteiger partial charge in [0.1, 0.15) is 0 Å². The van der Waals surface area contributed by atoms with Gasteiger partial charge in [-0.3, -0.25) is 4.68 Å². The zero-order valence-corrected chi connectivity index (χ0v) is 13.1. The molecule has 2 aliphatic rings. The molecule has 0 radical (unpaired) electrons. The Bertz CT molecular complexity index is 429. The molecule has 1 aromatic rings. The topological polar surface area (TPSA) is 53.1 Å². The molecule has 1 heterocycles. The van der Waals surface area contributed by atoms with Gasteiger partial charge in [-0.2, -0.15) is 5.10 Å². The maximum absolute atomic E-state index is 6.26. The molecule has 0 aromatic carbocycles. The van der Waals surface area contributed by atoms with Crippen LogP contribution in [0.3, 0.4) is 0 Å². The minimum absolute atomic E-state index is 0.104. The van der Waals surface area contributed by atoms with E-state index in [0.29, 0.717) is 19.2 Å². The third-order valence-electron chi connectivity index (χ3n) is 5.28. The third kappa shape index (κ3) is 3.67. The molecule has 0 aliphatic heterocycles. The van der Waals surface area contributed by atoms with Gasteiger partial charge >= 0.3 is 0 Å². The van der Waals surface area contributed by atoms with Crippen molar-refractivity contribution in [3.05, 3.63) is 18.0 Å². The Morgan fingerprint density at radius 1 is 1.14 bits per heavy atom. The van der Waals surface area contributed by atoms with Crippen molar-refractivity contribution in [1.29, 1.82) is 0 Å². The van der Waals surface area contributed by atoms with E-state index < -0.39 is 0 Å². The van der Waals surface area contributed by atoms with Crippen molar-refractivity contribution in [2.45, 2.75) is 82.5 Å². The van der Waals surface area contributed by atoms with Crippen molar-refractivity contribution < 1.29 is 4.74 Å². The summed E-state index contributed by atoms with van der Waals surface area (Å²) in [6, 6.07) is 2.72. The molecule has 1 aromatic heterocycles. The van der Waals surface area contributed by atoms with Gasteiger partial charge in [0.15, 0.2) is 0 Å². The molecule has 2 fully saturated rings. The van der Waals surface area contributed by atoms with Crippen LogP contribution in [0.1, 0.15) is 75.9 Å². The smallest absolute Gasteiger partial charge is 0.0914 e. The highest BCUT2D eigenvalue weighted by molar-refractivity contribution is 4.99. The van der Waals surface area contributed by atoms with E-state index in [4.69, 9.17) is 15.6 Å². The van der Waals surface area contributed by atoms with Crippen LogP contribution < -0.4 is 5.73 Å². The van der Waals surface area contributed by atoms with Crippen molar-refractivity contribution in [2.75, 3.05) is 6.54 Å². The van der Waals surface area contributed by atoms with Gasteiger partial charge in [-0.15, -0.1) is 0 Å². The van der Waals surface area contributed by atoms with Gasteiger partial charge < -0.3 is 10.5 Å². The highest BCUT2D eigenvalue weighted by Crippen LogP contribution is 2.31. The highest BCUT2D eigenvalue weighted by Gasteiger charge is 2.30. The molecule has 2 aliphatic carbocycles. The van der Waals surface area contributed by atoms with E-state index in [1.165, 1.54) is 51.4 Å². The molecular weight excluding hydrogens is 262 g/mol. The summed E-state index contributed by atoms with van der Waals surface area (Å²) in [6.45, 7) is 1.24. The molecular formula is C17H29N3O. The number of rotatable bonds is 5. The van der Waals surface area contributed by atoms with Gasteiger partial charge in [0.05, 0.1) is 23.9 Å². The van der Waals surface area contributed by atoms with E-state index in [0.717, 1.165) is 18.5 Å². The number of nitrogens with zero attached hydrogens (tertiary/aromatic N) is 2. The molecule has 0 unspecified atom stereocenters. The van der Waals surface area contributed by atoms with E-state index in [2.05, 4.69) is 16.9 Å². The number of ether oxygens (including phenoxy) is 1. The molecule has 2 saturated carbocycles. The van der Waals surface area contributed by atoms with Crippen LogP contribution in [0, 0.1) is 0 Å². The summed E-state index contributed by atoms with van der Waals surface area (Å²) in [5.41, 5.74) is 6.98. The SMILES string of the molecule is NCC1(OCc2ccn(C3CCCC3)n2)CCCCCC1. The van der Waals surface area contributed by atoms with Gasteiger partial charge in [-0.05, 0) is 31.7 Å². The van der Waals surface area contributed by atoms with Gasteiger partial charge in [0, 0.05) is 12.7 Å². The fourth-order valence-corrected chi connectivity index (χ4v) is 3.83. The lowest BCUT2D eigenvalue weighted by Gasteiger charge is -2.31. The number of nitrogens with two attached hydrogens (primary N) is 1. The van der Waals surface area contributed by atoms with Crippen LogP contribution in [0.15, 0.2) is 12.3 Å². The molecule has 4 heteroatoms. The largest absolute Gasteiger partial charge is 0.367 e. The van der Waals surface area contributed by atoms with E-state index in [9.17, 15) is 0 Å². The highest BCUT2D eigenvalue weighted by atomic mass is 16.5. The van der Waals surface area contributed by atoms with Crippen LogP contribution in [-0.4, -0.2) is 21.9 Å². The summed E-state index contributed by atoms with van der Waals surface area (Å²) in [7, 11) is 0. The number of aromatic nitrogens is 2. The maximum Gasteiger partial charge on any atom is 0.0914 e. The monoisotopic (exact) mass is 291 g/mol. The molecule has 4 nitrogen and oxygen atoms in total. The first-order valence-corrected chi connectivity index (χ1v) is 8.69. The molecule has 2 N–H and O–H groups in total. The minimum Gasteiger partial charge on any atom is -0.367 e. The first kappa shape index (κ1) is 15.0. The second-order valence-corrected chi connectivity index (χ2v) is 6.82. The summed E-state index contributed by atoms with van der Waals surface area (Å²) >= 11 is 0. The first-order chi connectivity index (χ1) is 10.3. The molecule has 0 atom stereocenters. The Labute approximate surface area is 128 Å². The van der Waals surface area contributed by atoms with Crippen molar-refractivity contribution in [3.8, 4) is 0 Å². The van der Waals surface area contributed by atoms with Crippen LogP contribution in [0.4, 0.5) is 0 Å². The Morgan fingerprint density at radius 2 is 1.86 bits per heavy atom. The van der Waals surface area contributed by atoms with Crippen LogP contribution in [0.5, 0.6) is 0 Å². The standard InChI is InChI=1S/C17H29N3O/c18-14-17(10-5-1-2-6-11-17)21-13-15-9-12-20(19-15)16-7-3-4-8-16/h9,12,16H,1-8,10-11,13-14,18H2. The second kappa shape index (κ2) is 6.93. The maximum atomic E-state index is 6.26. The molecule has 21 heavy (non-hydrogen) atoms. The van der Waals surface area contributed by atoms with Crippen LogP contribution in [-0.2, 0) is 11.3 Å². The Hall–Kier alpha value is -0.870. The lowest BCUT2D eigenvalue weighted by atomic mass is 9.94. The van der Waals surface area contributed by atoms with Gasteiger partial charge in [-0.25, -0.2) is 0 Å². The second-order valence-electron chi connectivity index (χ2n) is 6.82. The van der Waals surface area contributed by atoms with E-state index in [1.807, 2.05) is 0 Å². The normalized spacial score (nSPS) is 23.3. The fraction of sp³-hybridized carbons (Fsp3) is 0.824. The van der Waals surface area contributed by atoms with E-state index in [-0.39, 0.29) is 5.60 Å². The van der Waals surface area contributed by atoms with Crippen LogP contribution in [0.25, 0.3) is 0 Å². The summed E-state index contributed by atoms with van der Waals surface area (Å²) in [5, 5.41) is 4.72. The quantitative estimate of drug-likeness (QED) is 0.844. The Morgan fingerprint density at radius 3 is 2.52 bits per heavy atom. The van der Waals surface area contributed by atoms with Crippen LogP contribution >= 0.6 is 0 Å². The summed E-state index contributed by atoms with van der Waals surface area (Å²) < 4.78 is 8.41. The number of hydrogen-bond donors (Lipinski definition) is 1. The third-order valence-corrected chi connectivity index (χ3v) is 5.28. The predicted molar refractivity (Wildman–Crippen MR) is 84.0 cm³/mol. The summed E-state index contributed by atoms with van der Waals surface area (Å²) in [5.74, 6) is 0.